The number of hydrogen-bond donors (Lipinski definition) is 1. The van der Waals surface area contributed by atoms with Crippen LogP contribution >= 0.6 is 11.6 Å². The third-order valence-electron chi connectivity index (χ3n) is 3.73. The molecule has 2 heterocycles. The zero-order chi connectivity index (χ0) is 15.8. The van der Waals surface area contributed by atoms with Crippen LogP contribution in [-0.4, -0.2) is 25.6 Å². The Labute approximate surface area is 137 Å². The van der Waals surface area contributed by atoms with Gasteiger partial charge in [-0.3, -0.25) is 4.99 Å². The summed E-state index contributed by atoms with van der Waals surface area (Å²) >= 11 is 6.20. The van der Waals surface area contributed by atoms with Crippen molar-refractivity contribution in [1.82, 2.24) is 14.8 Å². The van der Waals surface area contributed by atoms with Crippen molar-refractivity contribution in [3.05, 3.63) is 76.3 Å². The molecular weight excluding hydrogens is 312 g/mol. The molecule has 2 aromatic carbocycles. The van der Waals surface area contributed by atoms with Crippen LogP contribution in [0.25, 0.3) is 5.69 Å². The summed E-state index contributed by atoms with van der Waals surface area (Å²) in [5.74, 6) is 1.09. The molecule has 1 aliphatic heterocycles. The zero-order valence-electron chi connectivity index (χ0n) is 12.1. The van der Waals surface area contributed by atoms with Crippen LogP contribution in [0, 0.1) is 0 Å². The maximum Gasteiger partial charge on any atom is 0.176 e. The van der Waals surface area contributed by atoms with Gasteiger partial charge < -0.3 is 5.11 Å². The van der Waals surface area contributed by atoms with Gasteiger partial charge in [0.2, 0.25) is 0 Å². The lowest BCUT2D eigenvalue weighted by atomic mass is 10.0. The van der Waals surface area contributed by atoms with Crippen molar-refractivity contribution in [3.8, 4) is 5.69 Å². The first-order chi connectivity index (χ1) is 11.3. The average Bonchev–Trinajstić information content (AvgIpc) is 2.93. The minimum Gasteiger partial charge on any atom is -0.388 e. The van der Waals surface area contributed by atoms with Crippen molar-refractivity contribution < 1.29 is 5.11 Å². The van der Waals surface area contributed by atoms with Gasteiger partial charge in [0.25, 0.3) is 0 Å². The highest BCUT2D eigenvalue weighted by Gasteiger charge is 2.21. The average molecular weight is 325 g/mol. The molecule has 0 bridgehead atoms. The first-order valence-electron chi connectivity index (χ1n) is 7.22. The second-order valence-corrected chi connectivity index (χ2v) is 5.64. The van der Waals surface area contributed by atoms with Gasteiger partial charge in [0, 0.05) is 16.1 Å². The summed E-state index contributed by atoms with van der Waals surface area (Å²) in [4.78, 5) is 9.06. The number of aliphatic hydroxyl groups is 1. The molecule has 0 saturated heterocycles. The Balaban J connectivity index is 1.96. The summed E-state index contributed by atoms with van der Waals surface area (Å²) in [7, 11) is 0. The summed E-state index contributed by atoms with van der Waals surface area (Å²) < 4.78 is 1.73. The molecule has 0 amide bonds. The monoisotopic (exact) mass is 324 g/mol. The molecule has 1 aromatic heterocycles. The predicted molar refractivity (Wildman–Crippen MR) is 88.1 cm³/mol. The molecule has 0 spiro atoms. The molecule has 0 radical (unpaired) electrons. The van der Waals surface area contributed by atoms with Crippen LogP contribution < -0.4 is 0 Å². The molecule has 23 heavy (non-hydrogen) atoms. The fourth-order valence-corrected chi connectivity index (χ4v) is 2.89. The SMILES string of the molecule is OCc1nc2n(n1)-c1ccc(Cl)cc1C(c1ccccc1)=NC2. The quantitative estimate of drug-likeness (QED) is 0.788. The minimum absolute atomic E-state index is 0.196. The van der Waals surface area contributed by atoms with Gasteiger partial charge in [0.1, 0.15) is 6.61 Å². The lowest BCUT2D eigenvalue weighted by molar-refractivity contribution is 0.271. The number of hydrogen-bond acceptors (Lipinski definition) is 4. The van der Waals surface area contributed by atoms with Crippen LogP contribution in [0.2, 0.25) is 5.02 Å². The maximum atomic E-state index is 9.28. The van der Waals surface area contributed by atoms with E-state index in [-0.39, 0.29) is 6.61 Å². The molecule has 0 aliphatic carbocycles. The molecule has 3 aromatic rings. The van der Waals surface area contributed by atoms with E-state index in [2.05, 4.69) is 10.1 Å². The van der Waals surface area contributed by atoms with Crippen molar-refractivity contribution in [3.63, 3.8) is 0 Å². The standard InChI is InChI=1S/C17H13ClN4O/c18-12-6-7-14-13(8-12)17(11-4-2-1-3-5-11)19-9-16-20-15(10-23)21-22(14)16/h1-8,23H,9-10H2. The maximum absolute atomic E-state index is 9.28. The Morgan fingerprint density at radius 2 is 1.96 bits per heavy atom. The van der Waals surface area contributed by atoms with Gasteiger partial charge in [-0.2, -0.15) is 0 Å². The highest BCUT2D eigenvalue weighted by molar-refractivity contribution is 6.31. The second kappa shape index (κ2) is 5.61. The van der Waals surface area contributed by atoms with Crippen molar-refractivity contribution in [2.75, 3.05) is 0 Å². The van der Waals surface area contributed by atoms with E-state index in [1.54, 1.807) is 4.68 Å². The van der Waals surface area contributed by atoms with Crippen molar-refractivity contribution in [2.45, 2.75) is 13.2 Å². The normalized spacial score (nSPS) is 13.0. The lowest BCUT2D eigenvalue weighted by Gasteiger charge is -2.11. The topological polar surface area (TPSA) is 63.3 Å². The molecule has 0 unspecified atom stereocenters. The van der Waals surface area contributed by atoms with Crippen LogP contribution in [0.1, 0.15) is 22.8 Å². The molecule has 1 aliphatic rings. The third kappa shape index (κ3) is 2.44. The Morgan fingerprint density at radius 3 is 2.74 bits per heavy atom. The van der Waals surface area contributed by atoms with Gasteiger partial charge in [-0.25, -0.2) is 9.67 Å². The zero-order valence-corrected chi connectivity index (χ0v) is 12.9. The fourth-order valence-electron chi connectivity index (χ4n) is 2.71. The predicted octanol–water partition coefficient (Wildman–Crippen LogP) is 2.76. The summed E-state index contributed by atoms with van der Waals surface area (Å²) in [6.07, 6.45) is 0. The van der Waals surface area contributed by atoms with E-state index in [0.717, 1.165) is 22.5 Å². The Bertz CT molecular complexity index is 902. The highest BCUT2D eigenvalue weighted by atomic mass is 35.5. The van der Waals surface area contributed by atoms with Gasteiger partial charge in [0.05, 0.1) is 17.9 Å². The van der Waals surface area contributed by atoms with Crippen LogP contribution in [0.15, 0.2) is 53.5 Å². The summed E-state index contributed by atoms with van der Waals surface area (Å²) in [5, 5.41) is 14.3. The number of rotatable bonds is 2. The van der Waals surface area contributed by atoms with E-state index in [0.29, 0.717) is 23.2 Å². The van der Waals surface area contributed by atoms with Gasteiger partial charge in [-0.05, 0) is 18.2 Å². The number of halogens is 1. The molecular formula is C17H13ClN4O. The van der Waals surface area contributed by atoms with Crippen LogP contribution in [0.4, 0.5) is 0 Å². The van der Waals surface area contributed by atoms with Crippen molar-refractivity contribution >= 4 is 17.3 Å². The first-order valence-corrected chi connectivity index (χ1v) is 7.60. The number of nitrogens with zero attached hydrogens (tertiary/aromatic N) is 4. The van der Waals surface area contributed by atoms with Gasteiger partial charge in [0.15, 0.2) is 11.6 Å². The van der Waals surface area contributed by atoms with Gasteiger partial charge in [-0.15, -0.1) is 5.10 Å². The highest BCUT2D eigenvalue weighted by Crippen LogP contribution is 2.26. The van der Waals surface area contributed by atoms with E-state index in [9.17, 15) is 5.11 Å². The Hall–Kier alpha value is -2.50. The Kier molecular flexibility index (Phi) is 3.44. The summed E-state index contributed by atoms with van der Waals surface area (Å²) in [6.45, 7) is 0.196. The van der Waals surface area contributed by atoms with Crippen molar-refractivity contribution in [1.29, 1.82) is 0 Å². The molecule has 1 N–H and O–H groups in total. The molecule has 0 atom stereocenters. The largest absolute Gasteiger partial charge is 0.388 e. The molecule has 6 heteroatoms. The van der Waals surface area contributed by atoms with Gasteiger partial charge in [-0.1, -0.05) is 41.9 Å². The van der Waals surface area contributed by atoms with E-state index in [1.165, 1.54) is 0 Å². The second-order valence-electron chi connectivity index (χ2n) is 5.21. The van der Waals surface area contributed by atoms with Crippen LogP contribution in [-0.2, 0) is 13.2 Å². The van der Waals surface area contributed by atoms with E-state index >= 15 is 0 Å². The molecule has 114 valence electrons. The minimum atomic E-state index is -0.196. The summed E-state index contributed by atoms with van der Waals surface area (Å²) in [5.41, 5.74) is 3.64. The summed E-state index contributed by atoms with van der Waals surface area (Å²) in [6, 6.07) is 15.6. The van der Waals surface area contributed by atoms with E-state index < -0.39 is 0 Å². The Morgan fingerprint density at radius 1 is 1.13 bits per heavy atom. The van der Waals surface area contributed by atoms with Crippen LogP contribution in [0.3, 0.4) is 0 Å². The lowest BCUT2D eigenvalue weighted by Crippen LogP contribution is -2.08. The van der Waals surface area contributed by atoms with E-state index in [4.69, 9.17) is 16.6 Å². The molecule has 0 fully saturated rings. The number of aliphatic imine (C=N–C) groups is 1. The first kappa shape index (κ1) is 14.1. The number of aromatic nitrogens is 3. The number of benzene rings is 2. The van der Waals surface area contributed by atoms with E-state index in [1.807, 2.05) is 48.5 Å². The van der Waals surface area contributed by atoms with Crippen molar-refractivity contribution in [2.24, 2.45) is 4.99 Å². The third-order valence-corrected chi connectivity index (χ3v) is 3.96. The number of aliphatic hydroxyl groups excluding tert-OH is 1. The number of fused-ring (bicyclic) bond motifs is 3. The van der Waals surface area contributed by atoms with Crippen LogP contribution in [0.5, 0.6) is 0 Å². The van der Waals surface area contributed by atoms with Gasteiger partial charge >= 0.3 is 0 Å². The molecule has 0 saturated carbocycles. The fraction of sp³-hybridized carbons (Fsp3) is 0.118. The smallest absolute Gasteiger partial charge is 0.176 e. The molecule has 4 rings (SSSR count). The molecule has 5 nitrogen and oxygen atoms in total.